The van der Waals surface area contributed by atoms with E-state index in [9.17, 15) is 4.79 Å². The minimum absolute atomic E-state index is 0.227. The summed E-state index contributed by atoms with van der Waals surface area (Å²) in [5.74, 6) is 0.227. The molecule has 2 saturated heterocycles. The number of nitrogens with two attached hydrogens (primary N) is 1. The molecule has 0 spiro atoms. The summed E-state index contributed by atoms with van der Waals surface area (Å²) in [5, 5.41) is 0. The zero-order valence-electron chi connectivity index (χ0n) is 17.5. The van der Waals surface area contributed by atoms with E-state index in [1.807, 2.05) is 66.7 Å². The summed E-state index contributed by atoms with van der Waals surface area (Å²) >= 11 is 0. The number of nitrogens with zero attached hydrogens (tertiary/aromatic N) is 1. The number of carbonyl (C=O) groups is 1. The predicted octanol–water partition coefficient (Wildman–Crippen LogP) is 2.90. The van der Waals surface area contributed by atoms with Crippen LogP contribution in [-0.4, -0.2) is 48.0 Å². The first-order chi connectivity index (χ1) is 12.3. The van der Waals surface area contributed by atoms with Gasteiger partial charge in [0.05, 0.1) is 11.2 Å². The van der Waals surface area contributed by atoms with E-state index in [1.54, 1.807) is 4.90 Å². The Morgan fingerprint density at radius 2 is 1.74 bits per heavy atom. The molecule has 3 rings (SSSR count). The predicted molar refractivity (Wildman–Crippen MR) is 107 cm³/mol. The van der Waals surface area contributed by atoms with Crippen LogP contribution in [0.25, 0.3) is 0 Å². The number of hydrogen-bond acceptors (Lipinski definition) is 5. The van der Waals surface area contributed by atoms with E-state index in [4.69, 9.17) is 19.8 Å². The third kappa shape index (κ3) is 3.94. The highest BCUT2D eigenvalue weighted by molar-refractivity contribution is 6.62. The average molecular weight is 374 g/mol. The largest absolute Gasteiger partial charge is 0.494 e. The van der Waals surface area contributed by atoms with Gasteiger partial charge in [0.1, 0.15) is 5.60 Å². The van der Waals surface area contributed by atoms with Crippen molar-refractivity contribution >= 4 is 24.4 Å². The smallest absolute Gasteiger partial charge is 0.444 e. The molecule has 1 amide bonds. The number of nitrogen functional groups attached to an aromatic ring is 1. The molecule has 2 heterocycles. The molecule has 27 heavy (non-hydrogen) atoms. The summed E-state index contributed by atoms with van der Waals surface area (Å²) in [4.78, 5) is 13.8. The van der Waals surface area contributed by atoms with Gasteiger partial charge in [0.2, 0.25) is 0 Å². The number of hydrogen-bond donors (Lipinski definition) is 1. The van der Waals surface area contributed by atoms with Crippen molar-refractivity contribution in [3.63, 3.8) is 0 Å². The van der Waals surface area contributed by atoms with Crippen LogP contribution in [0.4, 0.5) is 10.5 Å². The topological polar surface area (TPSA) is 74.0 Å². The van der Waals surface area contributed by atoms with Crippen molar-refractivity contribution in [2.24, 2.45) is 0 Å². The molecule has 0 bridgehead atoms. The molecule has 0 unspecified atom stereocenters. The summed E-state index contributed by atoms with van der Waals surface area (Å²) in [5.41, 5.74) is 7.74. The highest BCUT2D eigenvalue weighted by Crippen LogP contribution is 2.37. The third-order valence-electron chi connectivity index (χ3n) is 5.61. The lowest BCUT2D eigenvalue weighted by Crippen LogP contribution is -2.50. The van der Waals surface area contributed by atoms with Crippen molar-refractivity contribution < 1.29 is 18.8 Å². The summed E-state index contributed by atoms with van der Waals surface area (Å²) in [6, 6.07) is 5.95. The molecule has 1 aromatic carbocycles. The first-order valence-electron chi connectivity index (χ1n) is 9.52. The average Bonchev–Trinajstić information content (AvgIpc) is 2.65. The number of rotatable bonds is 2. The molecular formula is C20H31BN2O4. The molecule has 2 aliphatic heterocycles. The Kier molecular flexibility index (Phi) is 4.76. The Morgan fingerprint density at radius 1 is 1.19 bits per heavy atom. The van der Waals surface area contributed by atoms with Gasteiger partial charge in [-0.05, 0) is 65.6 Å². The molecule has 1 aromatic rings. The van der Waals surface area contributed by atoms with Crippen LogP contribution in [0.15, 0.2) is 18.2 Å². The number of anilines is 1. The summed E-state index contributed by atoms with van der Waals surface area (Å²) in [7, 11) is -0.425. The molecule has 148 valence electrons. The summed E-state index contributed by atoms with van der Waals surface area (Å²) in [6.45, 7) is 15.0. The number of likely N-dealkylation sites (tertiary alicyclic amines) is 1. The van der Waals surface area contributed by atoms with E-state index in [2.05, 4.69) is 0 Å². The van der Waals surface area contributed by atoms with Gasteiger partial charge in [0, 0.05) is 24.7 Å². The Bertz CT molecular complexity index is 720. The van der Waals surface area contributed by atoms with Gasteiger partial charge >= 0.3 is 13.2 Å². The molecule has 2 fully saturated rings. The van der Waals surface area contributed by atoms with E-state index in [0.717, 1.165) is 11.0 Å². The molecular weight excluding hydrogens is 343 g/mol. The van der Waals surface area contributed by atoms with Gasteiger partial charge in [0.15, 0.2) is 0 Å². The van der Waals surface area contributed by atoms with Crippen LogP contribution >= 0.6 is 0 Å². The van der Waals surface area contributed by atoms with Crippen LogP contribution < -0.4 is 11.2 Å². The Labute approximate surface area is 162 Å². The fourth-order valence-electron chi connectivity index (χ4n) is 3.24. The Balaban J connectivity index is 1.65. The first-order valence-corrected chi connectivity index (χ1v) is 9.52. The van der Waals surface area contributed by atoms with Crippen molar-refractivity contribution in [1.82, 2.24) is 4.90 Å². The molecule has 0 radical (unpaired) electrons. The lowest BCUT2D eigenvalue weighted by molar-refractivity contribution is 0.00578. The van der Waals surface area contributed by atoms with Gasteiger partial charge in [-0.15, -0.1) is 0 Å². The number of amides is 1. The second kappa shape index (κ2) is 6.42. The van der Waals surface area contributed by atoms with Crippen molar-refractivity contribution in [1.29, 1.82) is 0 Å². The second-order valence-electron chi connectivity index (χ2n) is 9.56. The Morgan fingerprint density at radius 3 is 2.22 bits per heavy atom. The van der Waals surface area contributed by atoms with Crippen LogP contribution in [0.3, 0.4) is 0 Å². The lowest BCUT2D eigenvalue weighted by Gasteiger charge is -2.40. The number of ether oxygens (including phenoxy) is 1. The summed E-state index contributed by atoms with van der Waals surface area (Å²) in [6.07, 6.45) is -0.272. The van der Waals surface area contributed by atoms with E-state index in [1.165, 1.54) is 0 Å². The van der Waals surface area contributed by atoms with Crippen molar-refractivity contribution in [3.8, 4) is 0 Å². The van der Waals surface area contributed by atoms with E-state index in [0.29, 0.717) is 18.8 Å². The highest BCUT2D eigenvalue weighted by Gasteiger charge is 2.51. The molecule has 0 atom stereocenters. The minimum atomic E-state index is -0.480. The lowest BCUT2D eigenvalue weighted by atomic mass is 9.77. The maximum absolute atomic E-state index is 12.1. The number of carbonyl (C=O) groups excluding carboxylic acids is 1. The van der Waals surface area contributed by atoms with E-state index in [-0.39, 0.29) is 23.2 Å². The van der Waals surface area contributed by atoms with Crippen LogP contribution in [0, 0.1) is 0 Å². The van der Waals surface area contributed by atoms with Gasteiger partial charge in [-0.25, -0.2) is 4.79 Å². The molecule has 0 aromatic heterocycles. The van der Waals surface area contributed by atoms with Crippen molar-refractivity contribution in [2.75, 3.05) is 18.8 Å². The summed E-state index contributed by atoms with van der Waals surface area (Å²) < 4.78 is 17.6. The zero-order valence-corrected chi connectivity index (χ0v) is 17.5. The van der Waals surface area contributed by atoms with Gasteiger partial charge in [-0.3, -0.25) is 0 Å². The number of benzene rings is 1. The first kappa shape index (κ1) is 20.0. The highest BCUT2D eigenvalue weighted by atomic mass is 16.7. The maximum Gasteiger partial charge on any atom is 0.494 e. The van der Waals surface area contributed by atoms with Crippen LogP contribution in [-0.2, 0) is 14.0 Å². The van der Waals surface area contributed by atoms with Gasteiger partial charge in [0.25, 0.3) is 0 Å². The quantitative estimate of drug-likeness (QED) is 0.637. The van der Waals surface area contributed by atoms with Crippen LogP contribution in [0.5, 0.6) is 0 Å². The van der Waals surface area contributed by atoms with E-state index < -0.39 is 12.7 Å². The minimum Gasteiger partial charge on any atom is -0.444 e. The molecule has 0 aliphatic carbocycles. The standard InChI is InChI=1S/C20H31BN2O4/c1-18(2,3)25-17(24)23-11-13(12-23)15-9-8-14(10-16(15)22)21-26-19(4,5)20(6,7)27-21/h8-10,13H,11-12,22H2,1-7H3. The SMILES string of the molecule is CC(C)(C)OC(=O)N1CC(c2ccc(B3OC(C)(C)C(C)(C)O3)cc2N)C1. The molecule has 2 aliphatic rings. The third-order valence-corrected chi connectivity index (χ3v) is 5.61. The maximum atomic E-state index is 12.1. The van der Waals surface area contributed by atoms with Crippen molar-refractivity contribution in [3.05, 3.63) is 23.8 Å². The zero-order chi connectivity index (χ0) is 20.2. The van der Waals surface area contributed by atoms with Gasteiger partial charge in [-0.1, -0.05) is 12.1 Å². The fourth-order valence-corrected chi connectivity index (χ4v) is 3.24. The molecule has 2 N–H and O–H groups in total. The normalized spacial score (nSPS) is 21.9. The fraction of sp³-hybridized carbons (Fsp3) is 0.650. The second-order valence-corrected chi connectivity index (χ2v) is 9.56. The van der Waals surface area contributed by atoms with Crippen molar-refractivity contribution in [2.45, 2.75) is 71.2 Å². The van der Waals surface area contributed by atoms with Crippen LogP contribution in [0.1, 0.15) is 59.9 Å². The van der Waals surface area contributed by atoms with Gasteiger partial charge < -0.3 is 24.7 Å². The molecule has 7 heteroatoms. The molecule has 0 saturated carbocycles. The van der Waals surface area contributed by atoms with E-state index >= 15 is 0 Å². The Hall–Kier alpha value is -1.73. The molecule has 6 nitrogen and oxygen atoms in total. The van der Waals surface area contributed by atoms with Gasteiger partial charge in [-0.2, -0.15) is 0 Å². The monoisotopic (exact) mass is 374 g/mol. The van der Waals surface area contributed by atoms with Crippen LogP contribution in [0.2, 0.25) is 0 Å².